The first kappa shape index (κ1) is 17.9. The standard InChI is InChI=1S/C22H18FN3O2/c1-15-6-5-13-26-19(15)24-22(21(26)28,14-16-9-11-18(23)12-10-16)25-20(27)17-7-3-2-4-8-17/h2-13H,14H2,1H3,(H,25,27)/t22-/m1/s1. The van der Waals surface area contributed by atoms with E-state index in [2.05, 4.69) is 10.3 Å². The van der Waals surface area contributed by atoms with Gasteiger partial charge in [0.25, 0.3) is 11.8 Å². The average molecular weight is 375 g/mol. The van der Waals surface area contributed by atoms with Crippen LogP contribution in [0.4, 0.5) is 4.39 Å². The summed E-state index contributed by atoms with van der Waals surface area (Å²) in [5.41, 5.74) is 0.453. The van der Waals surface area contributed by atoms with Crippen molar-refractivity contribution in [1.82, 2.24) is 10.2 Å². The Morgan fingerprint density at radius 1 is 1.14 bits per heavy atom. The summed E-state index contributed by atoms with van der Waals surface area (Å²) in [6, 6.07) is 14.5. The van der Waals surface area contributed by atoms with E-state index in [1.807, 2.05) is 19.1 Å². The first-order valence-electron chi connectivity index (χ1n) is 8.89. The SMILES string of the molecule is CC1=CC=CN2C(=O)[C@@](Cc3ccc(F)cc3)(NC(=O)c3ccccc3)N=C12. The van der Waals surface area contributed by atoms with Crippen LogP contribution in [0.5, 0.6) is 0 Å². The second-order valence-electron chi connectivity index (χ2n) is 6.79. The van der Waals surface area contributed by atoms with E-state index in [9.17, 15) is 14.0 Å². The molecule has 2 amide bonds. The number of benzene rings is 2. The van der Waals surface area contributed by atoms with Crippen LogP contribution in [0.15, 0.2) is 83.5 Å². The third-order valence-corrected chi connectivity index (χ3v) is 4.76. The van der Waals surface area contributed by atoms with Crippen molar-refractivity contribution in [2.45, 2.75) is 19.0 Å². The van der Waals surface area contributed by atoms with Crippen molar-refractivity contribution in [3.63, 3.8) is 0 Å². The molecule has 0 aliphatic carbocycles. The molecule has 0 radical (unpaired) electrons. The Morgan fingerprint density at radius 2 is 1.86 bits per heavy atom. The van der Waals surface area contributed by atoms with Gasteiger partial charge in [-0.1, -0.05) is 36.4 Å². The molecule has 2 aromatic carbocycles. The number of halogens is 1. The number of hydrogen-bond donors (Lipinski definition) is 1. The number of nitrogens with one attached hydrogen (secondary N) is 1. The predicted octanol–water partition coefficient (Wildman–Crippen LogP) is 3.21. The highest BCUT2D eigenvalue weighted by Crippen LogP contribution is 2.30. The zero-order valence-corrected chi connectivity index (χ0v) is 15.2. The van der Waals surface area contributed by atoms with E-state index in [1.165, 1.54) is 17.0 Å². The third-order valence-electron chi connectivity index (χ3n) is 4.76. The molecule has 0 bridgehead atoms. The maximum atomic E-state index is 13.3. The molecule has 1 N–H and O–H groups in total. The molecule has 1 atom stereocenters. The second-order valence-corrected chi connectivity index (χ2v) is 6.79. The Bertz CT molecular complexity index is 1030. The predicted molar refractivity (Wildman–Crippen MR) is 104 cm³/mol. The van der Waals surface area contributed by atoms with E-state index in [0.29, 0.717) is 17.0 Å². The fourth-order valence-electron chi connectivity index (χ4n) is 3.33. The number of fused-ring (bicyclic) bond motifs is 1. The van der Waals surface area contributed by atoms with Crippen molar-refractivity contribution in [3.8, 4) is 0 Å². The minimum Gasteiger partial charge on any atom is -0.320 e. The Morgan fingerprint density at radius 3 is 2.54 bits per heavy atom. The second kappa shape index (κ2) is 6.88. The smallest absolute Gasteiger partial charge is 0.281 e. The van der Waals surface area contributed by atoms with Gasteiger partial charge < -0.3 is 5.32 Å². The number of amides is 2. The van der Waals surface area contributed by atoms with E-state index in [1.54, 1.807) is 48.7 Å². The number of aliphatic imine (C=N–C) groups is 1. The molecule has 6 heteroatoms. The van der Waals surface area contributed by atoms with Crippen molar-refractivity contribution >= 4 is 17.6 Å². The molecule has 0 unspecified atom stereocenters. The highest BCUT2D eigenvalue weighted by Gasteiger charge is 2.49. The van der Waals surface area contributed by atoms with Gasteiger partial charge in [-0.15, -0.1) is 0 Å². The van der Waals surface area contributed by atoms with Gasteiger partial charge in [-0.2, -0.15) is 0 Å². The zero-order chi connectivity index (χ0) is 19.7. The lowest BCUT2D eigenvalue weighted by Gasteiger charge is -2.27. The van der Waals surface area contributed by atoms with Crippen LogP contribution in [-0.2, 0) is 11.2 Å². The molecular weight excluding hydrogens is 357 g/mol. The van der Waals surface area contributed by atoms with Crippen LogP contribution in [0, 0.1) is 5.82 Å². The van der Waals surface area contributed by atoms with Gasteiger partial charge in [0.05, 0.1) is 0 Å². The molecule has 2 aliphatic rings. The topological polar surface area (TPSA) is 61.8 Å². The zero-order valence-electron chi connectivity index (χ0n) is 15.2. The number of rotatable bonds is 4. The van der Waals surface area contributed by atoms with Gasteiger partial charge in [0.1, 0.15) is 11.7 Å². The van der Waals surface area contributed by atoms with Crippen molar-refractivity contribution in [2.24, 2.45) is 4.99 Å². The molecule has 2 aromatic rings. The molecule has 0 aromatic heterocycles. The monoisotopic (exact) mass is 375 g/mol. The minimum absolute atomic E-state index is 0.117. The highest BCUT2D eigenvalue weighted by atomic mass is 19.1. The van der Waals surface area contributed by atoms with Gasteiger partial charge >= 0.3 is 0 Å². The van der Waals surface area contributed by atoms with E-state index in [0.717, 1.165) is 5.57 Å². The highest BCUT2D eigenvalue weighted by molar-refractivity contribution is 6.17. The van der Waals surface area contributed by atoms with Crippen LogP contribution < -0.4 is 5.32 Å². The molecule has 0 saturated carbocycles. The molecule has 2 aliphatic heterocycles. The summed E-state index contributed by atoms with van der Waals surface area (Å²) in [7, 11) is 0. The first-order valence-corrected chi connectivity index (χ1v) is 8.89. The number of allylic oxidation sites excluding steroid dienone is 2. The molecule has 0 saturated heterocycles. The van der Waals surface area contributed by atoms with E-state index < -0.39 is 11.6 Å². The van der Waals surface area contributed by atoms with Gasteiger partial charge in [0.15, 0.2) is 0 Å². The van der Waals surface area contributed by atoms with Gasteiger partial charge in [0.2, 0.25) is 5.66 Å². The fourth-order valence-corrected chi connectivity index (χ4v) is 3.33. The largest absolute Gasteiger partial charge is 0.320 e. The summed E-state index contributed by atoms with van der Waals surface area (Å²) in [5, 5.41) is 2.83. The van der Waals surface area contributed by atoms with Crippen molar-refractivity contribution in [2.75, 3.05) is 0 Å². The molecular formula is C22H18FN3O2. The molecule has 2 heterocycles. The fraction of sp³-hybridized carbons (Fsp3) is 0.136. The van der Waals surface area contributed by atoms with Gasteiger partial charge in [-0.25, -0.2) is 9.38 Å². The number of carbonyl (C=O) groups excluding carboxylic acids is 2. The van der Waals surface area contributed by atoms with Crippen LogP contribution in [0.3, 0.4) is 0 Å². The van der Waals surface area contributed by atoms with Crippen LogP contribution in [-0.4, -0.2) is 28.2 Å². The summed E-state index contributed by atoms with van der Waals surface area (Å²) in [5.74, 6) is -0.608. The maximum Gasteiger partial charge on any atom is 0.281 e. The van der Waals surface area contributed by atoms with Crippen molar-refractivity contribution in [3.05, 3.63) is 95.5 Å². The summed E-state index contributed by atoms with van der Waals surface area (Å²) in [6.45, 7) is 1.86. The molecule has 140 valence electrons. The van der Waals surface area contributed by atoms with E-state index in [4.69, 9.17) is 0 Å². The number of amidine groups is 1. The Labute approximate surface area is 161 Å². The van der Waals surface area contributed by atoms with Crippen LogP contribution in [0.25, 0.3) is 0 Å². The van der Waals surface area contributed by atoms with Gasteiger partial charge in [-0.05, 0) is 48.4 Å². The summed E-state index contributed by atoms with van der Waals surface area (Å²) >= 11 is 0. The summed E-state index contributed by atoms with van der Waals surface area (Å²) in [4.78, 5) is 32.2. The molecule has 4 rings (SSSR count). The summed E-state index contributed by atoms with van der Waals surface area (Å²) in [6.07, 6.45) is 5.37. The minimum atomic E-state index is -1.50. The van der Waals surface area contributed by atoms with Crippen molar-refractivity contribution in [1.29, 1.82) is 0 Å². The Hall–Kier alpha value is -3.54. The molecule has 0 spiro atoms. The molecule has 28 heavy (non-hydrogen) atoms. The van der Waals surface area contributed by atoms with Crippen molar-refractivity contribution < 1.29 is 14.0 Å². The number of nitrogens with zero attached hydrogens (tertiary/aromatic N) is 2. The Kier molecular flexibility index (Phi) is 4.39. The van der Waals surface area contributed by atoms with E-state index >= 15 is 0 Å². The summed E-state index contributed by atoms with van der Waals surface area (Å²) < 4.78 is 13.3. The third kappa shape index (κ3) is 3.13. The quantitative estimate of drug-likeness (QED) is 0.892. The van der Waals surface area contributed by atoms with Gasteiger partial charge in [-0.3, -0.25) is 14.5 Å². The molecule has 0 fully saturated rings. The maximum absolute atomic E-state index is 13.3. The first-order chi connectivity index (χ1) is 13.5. The van der Waals surface area contributed by atoms with Gasteiger partial charge in [0, 0.05) is 18.2 Å². The number of carbonyl (C=O) groups is 2. The average Bonchev–Trinajstić information content (AvgIpc) is 2.98. The normalized spacial score (nSPS) is 20.5. The lowest BCUT2D eigenvalue weighted by atomic mass is 9.98. The lowest BCUT2D eigenvalue weighted by molar-refractivity contribution is -0.130. The molecule has 5 nitrogen and oxygen atoms in total. The number of hydrogen-bond acceptors (Lipinski definition) is 3. The van der Waals surface area contributed by atoms with E-state index in [-0.39, 0.29) is 18.1 Å². The lowest BCUT2D eigenvalue weighted by Crippen LogP contribution is -2.55. The van der Waals surface area contributed by atoms with Crippen LogP contribution >= 0.6 is 0 Å². The van der Waals surface area contributed by atoms with Crippen LogP contribution in [0.2, 0.25) is 0 Å². The Balaban J connectivity index is 1.74. The van der Waals surface area contributed by atoms with Crippen LogP contribution in [0.1, 0.15) is 22.8 Å².